The molecule has 2 aromatic carbocycles. The van der Waals surface area contributed by atoms with Crippen molar-refractivity contribution < 1.29 is 28.9 Å². The summed E-state index contributed by atoms with van der Waals surface area (Å²) in [4.78, 5) is 39.5. The van der Waals surface area contributed by atoms with Crippen LogP contribution >= 0.6 is 0 Å². The van der Waals surface area contributed by atoms with E-state index in [0.717, 1.165) is 84.2 Å². The van der Waals surface area contributed by atoms with E-state index >= 15 is 0 Å². The zero-order valence-electron chi connectivity index (χ0n) is 30.0. The molecule has 1 saturated heterocycles. The highest BCUT2D eigenvalue weighted by Gasteiger charge is 2.48. The molecule has 0 spiro atoms. The maximum atomic E-state index is 14.1. The molecule has 4 aliphatic heterocycles. The van der Waals surface area contributed by atoms with Gasteiger partial charge < -0.3 is 44.3 Å². The first-order chi connectivity index (χ1) is 24.6. The number of benzene rings is 2. The third-order valence-electron chi connectivity index (χ3n) is 11.4. The van der Waals surface area contributed by atoms with E-state index in [-0.39, 0.29) is 23.5 Å². The Morgan fingerprint density at radius 3 is 2.47 bits per heavy atom. The van der Waals surface area contributed by atoms with Crippen molar-refractivity contribution in [2.45, 2.75) is 32.2 Å². The third kappa shape index (κ3) is 5.52. The highest BCUT2D eigenvalue weighted by molar-refractivity contribution is 6.12. The van der Waals surface area contributed by atoms with Crippen LogP contribution in [0.15, 0.2) is 65.3 Å². The number of aromatic amines is 1. The van der Waals surface area contributed by atoms with Crippen LogP contribution < -0.4 is 19.9 Å². The number of aromatic nitrogens is 1. The van der Waals surface area contributed by atoms with E-state index in [1.807, 2.05) is 50.3 Å². The first-order valence-electron chi connectivity index (χ1n) is 17.8. The number of likely N-dealkylation sites (N-methyl/N-ethyl adjacent to an activating group) is 1. The summed E-state index contributed by atoms with van der Waals surface area (Å²) in [6.45, 7) is 10.8. The molecule has 3 N–H and O–H groups in total. The van der Waals surface area contributed by atoms with Crippen LogP contribution in [0.4, 0.5) is 11.4 Å². The number of rotatable bonds is 8. The third-order valence-corrected chi connectivity index (χ3v) is 11.4. The molecule has 0 saturated carbocycles. The number of allylic oxidation sites excluding steroid dienone is 1. The Morgan fingerprint density at radius 2 is 1.71 bits per heavy atom. The van der Waals surface area contributed by atoms with Gasteiger partial charge in [0, 0.05) is 74.4 Å². The number of ether oxygens (including phenoxy) is 3. The Morgan fingerprint density at radius 1 is 0.941 bits per heavy atom. The van der Waals surface area contributed by atoms with Gasteiger partial charge in [-0.05, 0) is 81.3 Å². The molecule has 12 nitrogen and oxygen atoms in total. The number of anilines is 2. The highest BCUT2D eigenvalue weighted by atomic mass is 16.5. The van der Waals surface area contributed by atoms with E-state index < -0.39 is 5.54 Å². The topological polar surface area (TPSA) is 123 Å². The summed E-state index contributed by atoms with van der Waals surface area (Å²) >= 11 is 0. The van der Waals surface area contributed by atoms with E-state index in [1.165, 1.54) is 0 Å². The maximum Gasteiger partial charge on any atom is 0.274 e. The van der Waals surface area contributed by atoms with Crippen LogP contribution in [0.2, 0.25) is 0 Å². The van der Waals surface area contributed by atoms with Crippen LogP contribution in [0.3, 0.4) is 0 Å². The van der Waals surface area contributed by atoms with Crippen molar-refractivity contribution in [2.24, 2.45) is 5.92 Å². The number of carbonyl (C=O) groups is 2. The molecule has 2 unspecified atom stereocenters. The standard InChI is InChI=1S/C39H46N6O6/c1-23-34(49-4)20-25-19-30(41-39(25,2)36(23)50-5)38(48)45-11-9-27-28-21-29(40-35(28)33(46)22-32(27)45)37(47)44-10-8-24-18-26(6-7-31(24)44)51-17-16-43-14-12-42(3)13-15-43/h6-7,18-22,25,40-41,46H,8-17H2,1-5H3. The van der Waals surface area contributed by atoms with Gasteiger partial charge in [-0.25, -0.2) is 0 Å². The smallest absolute Gasteiger partial charge is 0.274 e. The van der Waals surface area contributed by atoms with Gasteiger partial charge in [0.25, 0.3) is 11.8 Å². The van der Waals surface area contributed by atoms with Gasteiger partial charge in [-0.3, -0.25) is 14.5 Å². The number of H-pyrrole nitrogens is 1. The number of piperazine rings is 1. The molecule has 12 heteroatoms. The summed E-state index contributed by atoms with van der Waals surface area (Å²) in [7, 11) is 5.42. The van der Waals surface area contributed by atoms with Crippen LogP contribution in [0.1, 0.15) is 35.5 Å². The highest BCUT2D eigenvalue weighted by Crippen LogP contribution is 2.45. The summed E-state index contributed by atoms with van der Waals surface area (Å²) in [5, 5.41) is 15.4. The second kappa shape index (κ2) is 12.7. The van der Waals surface area contributed by atoms with Crippen LogP contribution in [0.5, 0.6) is 11.5 Å². The fraction of sp³-hybridized carbons (Fsp3) is 0.436. The summed E-state index contributed by atoms with van der Waals surface area (Å²) in [5.41, 5.74) is 5.12. The van der Waals surface area contributed by atoms with Crippen molar-refractivity contribution in [3.8, 4) is 11.5 Å². The first kappa shape index (κ1) is 33.2. The van der Waals surface area contributed by atoms with Crippen LogP contribution in [0.25, 0.3) is 10.9 Å². The molecule has 8 rings (SSSR count). The number of phenolic OH excluding ortho intramolecular Hbond substituents is 1. The fourth-order valence-corrected chi connectivity index (χ4v) is 8.50. The Labute approximate surface area is 297 Å². The largest absolute Gasteiger partial charge is 0.506 e. The van der Waals surface area contributed by atoms with Crippen LogP contribution in [0, 0.1) is 5.92 Å². The number of phenols is 1. The lowest BCUT2D eigenvalue weighted by molar-refractivity contribution is -0.115. The predicted octanol–water partition coefficient (Wildman–Crippen LogP) is 3.92. The molecule has 1 aliphatic carbocycles. The summed E-state index contributed by atoms with van der Waals surface area (Å²) in [5.74, 6) is 1.76. The number of amides is 2. The Balaban J connectivity index is 0.987. The van der Waals surface area contributed by atoms with Crippen molar-refractivity contribution in [1.82, 2.24) is 20.1 Å². The van der Waals surface area contributed by atoms with Crippen molar-refractivity contribution in [3.63, 3.8) is 0 Å². The number of methoxy groups -OCH3 is 2. The van der Waals surface area contributed by atoms with Crippen LogP contribution in [-0.4, -0.2) is 111 Å². The number of hydrogen-bond acceptors (Lipinski definition) is 9. The number of hydrogen-bond donors (Lipinski definition) is 3. The zero-order chi connectivity index (χ0) is 35.6. The molecule has 0 bridgehead atoms. The number of carbonyl (C=O) groups excluding carboxylic acids is 2. The SMILES string of the molecule is COC1=CC2C=C(C(=O)N3CCc4c3cc(O)c3[nH]c(C(=O)N5CCc6cc(OCCN7CCN(C)CC7)ccc65)cc43)NC2(C)C(OC)=C1C. The van der Waals surface area contributed by atoms with Gasteiger partial charge in [0.1, 0.15) is 40.9 Å². The van der Waals surface area contributed by atoms with Gasteiger partial charge in [0.15, 0.2) is 0 Å². The fourth-order valence-electron chi connectivity index (χ4n) is 8.50. The average Bonchev–Trinajstić information content (AvgIpc) is 3.92. The lowest BCUT2D eigenvalue weighted by Gasteiger charge is -2.37. The average molecular weight is 695 g/mol. The Kier molecular flexibility index (Phi) is 8.26. The molecule has 1 aromatic heterocycles. The monoisotopic (exact) mass is 694 g/mol. The molecule has 1 fully saturated rings. The lowest BCUT2D eigenvalue weighted by atomic mass is 9.79. The van der Waals surface area contributed by atoms with Gasteiger partial charge in [-0.2, -0.15) is 0 Å². The molecule has 3 aromatic rings. The summed E-state index contributed by atoms with van der Waals surface area (Å²) in [6, 6.07) is 9.39. The number of fused-ring (bicyclic) bond motifs is 5. The second-order valence-electron chi connectivity index (χ2n) is 14.4. The molecule has 5 aliphatic rings. The summed E-state index contributed by atoms with van der Waals surface area (Å²) in [6.07, 6.45) is 5.27. The quantitative estimate of drug-likeness (QED) is 0.322. The predicted molar refractivity (Wildman–Crippen MR) is 195 cm³/mol. The van der Waals surface area contributed by atoms with Crippen LogP contribution in [-0.2, 0) is 27.1 Å². The Hall–Kier alpha value is -4.94. The molecule has 51 heavy (non-hydrogen) atoms. The molecule has 268 valence electrons. The first-order valence-corrected chi connectivity index (χ1v) is 17.8. The molecular formula is C39H46N6O6. The lowest BCUT2D eigenvalue weighted by Crippen LogP contribution is -2.49. The van der Waals surface area contributed by atoms with E-state index in [2.05, 4.69) is 27.1 Å². The molecule has 0 radical (unpaired) electrons. The van der Waals surface area contributed by atoms with Gasteiger partial charge in [0.2, 0.25) is 0 Å². The van der Waals surface area contributed by atoms with E-state index in [9.17, 15) is 14.7 Å². The molecular weight excluding hydrogens is 648 g/mol. The van der Waals surface area contributed by atoms with Crippen molar-refractivity contribution in [1.29, 1.82) is 0 Å². The van der Waals surface area contributed by atoms with Crippen molar-refractivity contribution >= 4 is 34.1 Å². The number of nitrogens with one attached hydrogen (secondary N) is 2. The van der Waals surface area contributed by atoms with E-state index in [1.54, 1.807) is 30.1 Å². The Bertz CT molecular complexity index is 2020. The van der Waals surface area contributed by atoms with E-state index in [0.29, 0.717) is 48.7 Å². The summed E-state index contributed by atoms with van der Waals surface area (Å²) < 4.78 is 17.5. The van der Waals surface area contributed by atoms with Crippen molar-refractivity contribution in [2.75, 3.05) is 83.5 Å². The second-order valence-corrected chi connectivity index (χ2v) is 14.4. The van der Waals surface area contributed by atoms with Gasteiger partial charge in [0.05, 0.1) is 31.1 Å². The normalized spacial score (nSPS) is 23.1. The van der Waals surface area contributed by atoms with Crippen molar-refractivity contribution in [3.05, 3.63) is 82.1 Å². The van der Waals surface area contributed by atoms with Gasteiger partial charge in [-0.15, -0.1) is 0 Å². The molecule has 5 heterocycles. The van der Waals surface area contributed by atoms with Gasteiger partial charge in [-0.1, -0.05) is 0 Å². The minimum Gasteiger partial charge on any atom is -0.506 e. The zero-order valence-corrected chi connectivity index (χ0v) is 30.0. The number of nitrogens with zero attached hydrogens (tertiary/aromatic N) is 4. The van der Waals surface area contributed by atoms with E-state index in [4.69, 9.17) is 14.2 Å². The molecule has 2 atom stereocenters. The minimum absolute atomic E-state index is 0.00965. The number of aromatic hydroxyl groups is 1. The maximum absolute atomic E-state index is 14.1. The van der Waals surface area contributed by atoms with Gasteiger partial charge >= 0.3 is 0 Å². The minimum atomic E-state index is -0.635. The molecule has 2 amide bonds.